The molecule has 0 radical (unpaired) electrons. The van der Waals surface area contributed by atoms with Crippen LogP contribution in [0.1, 0.15) is 18.6 Å². The zero-order valence-electron chi connectivity index (χ0n) is 15.3. The smallest absolute Gasteiger partial charge is 0.191 e. The van der Waals surface area contributed by atoms with Gasteiger partial charge in [0.25, 0.3) is 0 Å². The number of hydrogen-bond donors (Lipinski definition) is 2. The number of hydrogen-bond acceptors (Lipinski definition) is 5. The minimum atomic E-state index is 0.821. The SMILES string of the molecule is CSCCCCN=C(NCCc1ccco1)NCCN1CCOCC1. The Hall–Kier alpha value is -1.18. The first-order valence-corrected chi connectivity index (χ1v) is 10.6. The summed E-state index contributed by atoms with van der Waals surface area (Å²) in [5, 5.41) is 6.88. The van der Waals surface area contributed by atoms with Crippen molar-refractivity contribution in [1.29, 1.82) is 0 Å². The summed E-state index contributed by atoms with van der Waals surface area (Å²) in [5.41, 5.74) is 0. The van der Waals surface area contributed by atoms with Gasteiger partial charge in [-0.15, -0.1) is 0 Å². The molecule has 2 heterocycles. The molecule has 25 heavy (non-hydrogen) atoms. The molecule has 142 valence electrons. The minimum Gasteiger partial charge on any atom is -0.469 e. The fraction of sp³-hybridized carbons (Fsp3) is 0.722. The molecular weight excluding hydrogens is 336 g/mol. The van der Waals surface area contributed by atoms with Gasteiger partial charge in [0.1, 0.15) is 5.76 Å². The van der Waals surface area contributed by atoms with Crippen LogP contribution in [0.25, 0.3) is 0 Å². The summed E-state index contributed by atoms with van der Waals surface area (Å²) in [6, 6.07) is 3.93. The quantitative estimate of drug-likeness (QED) is 0.353. The number of ether oxygens (including phenoxy) is 1. The fourth-order valence-corrected chi connectivity index (χ4v) is 3.13. The monoisotopic (exact) mass is 368 g/mol. The summed E-state index contributed by atoms with van der Waals surface area (Å²) in [7, 11) is 0. The molecule has 0 saturated carbocycles. The average molecular weight is 369 g/mol. The molecule has 0 aromatic carbocycles. The molecule has 1 saturated heterocycles. The molecular formula is C18H32N4O2S. The topological polar surface area (TPSA) is 62.0 Å². The Balaban J connectivity index is 1.68. The van der Waals surface area contributed by atoms with Crippen molar-refractivity contribution >= 4 is 17.7 Å². The number of nitrogens with one attached hydrogen (secondary N) is 2. The van der Waals surface area contributed by atoms with Gasteiger partial charge in [0, 0.05) is 45.7 Å². The molecule has 7 heteroatoms. The standard InChI is InChI=1S/C18H32N4O2S/c1-25-16-3-2-7-19-18(20-8-6-17-5-4-13-24-17)21-9-10-22-11-14-23-15-12-22/h4-5,13H,2-3,6-12,14-16H2,1H3,(H2,19,20,21). The highest BCUT2D eigenvalue weighted by molar-refractivity contribution is 7.98. The molecule has 0 atom stereocenters. The van der Waals surface area contributed by atoms with Gasteiger partial charge < -0.3 is 19.8 Å². The lowest BCUT2D eigenvalue weighted by molar-refractivity contribution is 0.0389. The van der Waals surface area contributed by atoms with Crippen LogP contribution in [-0.4, -0.2) is 75.4 Å². The molecule has 2 N–H and O–H groups in total. The van der Waals surface area contributed by atoms with Crippen LogP contribution < -0.4 is 10.6 Å². The van der Waals surface area contributed by atoms with E-state index in [9.17, 15) is 0 Å². The molecule has 2 rings (SSSR count). The van der Waals surface area contributed by atoms with Gasteiger partial charge in [0.05, 0.1) is 19.5 Å². The summed E-state index contributed by atoms with van der Waals surface area (Å²) < 4.78 is 10.8. The number of nitrogens with zero attached hydrogens (tertiary/aromatic N) is 2. The van der Waals surface area contributed by atoms with Crippen LogP contribution in [0.3, 0.4) is 0 Å². The Morgan fingerprint density at radius 3 is 2.84 bits per heavy atom. The third-order valence-corrected chi connectivity index (χ3v) is 4.79. The van der Waals surface area contributed by atoms with Gasteiger partial charge in [-0.1, -0.05) is 0 Å². The second kappa shape index (κ2) is 13.1. The molecule has 0 bridgehead atoms. The molecule has 0 aliphatic carbocycles. The van der Waals surface area contributed by atoms with E-state index in [1.165, 1.54) is 12.2 Å². The molecule has 0 unspecified atom stereocenters. The van der Waals surface area contributed by atoms with Crippen molar-refractivity contribution in [1.82, 2.24) is 15.5 Å². The van der Waals surface area contributed by atoms with Crippen LogP contribution >= 0.6 is 11.8 Å². The molecule has 6 nitrogen and oxygen atoms in total. The fourth-order valence-electron chi connectivity index (χ4n) is 2.64. The molecule has 1 aliphatic rings. The molecule has 1 aromatic rings. The number of unbranched alkanes of at least 4 members (excludes halogenated alkanes) is 1. The van der Waals surface area contributed by atoms with Crippen LogP contribution in [0, 0.1) is 0 Å². The van der Waals surface area contributed by atoms with Gasteiger partial charge in [-0.25, -0.2) is 0 Å². The number of rotatable bonds is 11. The number of guanidine groups is 1. The largest absolute Gasteiger partial charge is 0.469 e. The van der Waals surface area contributed by atoms with Crippen LogP contribution in [0.5, 0.6) is 0 Å². The number of furan rings is 1. The second-order valence-corrected chi connectivity index (χ2v) is 7.05. The van der Waals surface area contributed by atoms with Crippen LogP contribution in [0.4, 0.5) is 0 Å². The first-order valence-electron chi connectivity index (χ1n) is 9.22. The van der Waals surface area contributed by atoms with E-state index in [0.29, 0.717) is 0 Å². The van der Waals surface area contributed by atoms with Crippen molar-refractivity contribution in [3.8, 4) is 0 Å². The highest BCUT2D eigenvalue weighted by Gasteiger charge is 2.09. The predicted molar refractivity (Wildman–Crippen MR) is 106 cm³/mol. The van der Waals surface area contributed by atoms with Crippen LogP contribution in [0.2, 0.25) is 0 Å². The number of aliphatic imine (C=N–C) groups is 1. The van der Waals surface area contributed by atoms with Crippen molar-refractivity contribution in [3.05, 3.63) is 24.2 Å². The first kappa shape index (κ1) is 20.1. The summed E-state index contributed by atoms with van der Waals surface area (Å²) >= 11 is 1.90. The summed E-state index contributed by atoms with van der Waals surface area (Å²) in [5.74, 6) is 3.12. The summed E-state index contributed by atoms with van der Waals surface area (Å²) in [4.78, 5) is 7.13. The van der Waals surface area contributed by atoms with E-state index >= 15 is 0 Å². The molecule has 0 spiro atoms. The maximum atomic E-state index is 5.39. The van der Waals surface area contributed by atoms with Gasteiger partial charge in [0.15, 0.2) is 5.96 Å². The van der Waals surface area contributed by atoms with Crippen molar-refractivity contribution in [2.24, 2.45) is 4.99 Å². The predicted octanol–water partition coefficient (Wildman–Crippen LogP) is 1.83. The Labute approximate surface area is 155 Å². The van der Waals surface area contributed by atoms with E-state index in [4.69, 9.17) is 14.1 Å². The van der Waals surface area contributed by atoms with E-state index in [2.05, 4.69) is 21.8 Å². The van der Waals surface area contributed by atoms with Crippen molar-refractivity contribution in [3.63, 3.8) is 0 Å². The maximum Gasteiger partial charge on any atom is 0.191 e. The van der Waals surface area contributed by atoms with Gasteiger partial charge in [-0.3, -0.25) is 9.89 Å². The molecule has 0 amide bonds. The molecule has 1 aromatic heterocycles. The highest BCUT2D eigenvalue weighted by atomic mass is 32.2. The van der Waals surface area contributed by atoms with E-state index in [1.54, 1.807) is 6.26 Å². The lowest BCUT2D eigenvalue weighted by Crippen LogP contribution is -2.44. The normalized spacial score (nSPS) is 16.1. The van der Waals surface area contributed by atoms with Crippen molar-refractivity contribution in [2.75, 3.05) is 64.5 Å². The third kappa shape index (κ3) is 9.18. The zero-order chi connectivity index (χ0) is 17.6. The number of thioether (sulfide) groups is 1. The van der Waals surface area contributed by atoms with Gasteiger partial charge in [-0.05, 0) is 37.0 Å². The Morgan fingerprint density at radius 1 is 1.24 bits per heavy atom. The summed E-state index contributed by atoms with van der Waals surface area (Å²) in [6.45, 7) is 7.35. The van der Waals surface area contributed by atoms with Crippen LogP contribution in [-0.2, 0) is 11.2 Å². The van der Waals surface area contributed by atoms with Gasteiger partial charge in [0.2, 0.25) is 0 Å². The highest BCUT2D eigenvalue weighted by Crippen LogP contribution is 2.00. The Bertz CT molecular complexity index is 462. The second-order valence-electron chi connectivity index (χ2n) is 6.07. The summed E-state index contributed by atoms with van der Waals surface area (Å²) in [6.07, 6.45) is 7.09. The molecule has 1 aliphatic heterocycles. The Kier molecular flexibility index (Phi) is 10.5. The average Bonchev–Trinajstić information content (AvgIpc) is 3.15. The lowest BCUT2D eigenvalue weighted by atomic mass is 10.3. The van der Waals surface area contributed by atoms with E-state index < -0.39 is 0 Å². The molecule has 1 fully saturated rings. The van der Waals surface area contributed by atoms with Crippen molar-refractivity contribution in [2.45, 2.75) is 19.3 Å². The zero-order valence-corrected chi connectivity index (χ0v) is 16.2. The van der Waals surface area contributed by atoms with E-state index in [0.717, 1.165) is 77.0 Å². The van der Waals surface area contributed by atoms with Crippen LogP contribution in [0.15, 0.2) is 27.8 Å². The van der Waals surface area contributed by atoms with Gasteiger partial charge in [-0.2, -0.15) is 11.8 Å². The lowest BCUT2D eigenvalue weighted by Gasteiger charge is -2.26. The van der Waals surface area contributed by atoms with E-state index in [-0.39, 0.29) is 0 Å². The first-order chi connectivity index (χ1) is 12.4. The van der Waals surface area contributed by atoms with Crippen molar-refractivity contribution < 1.29 is 9.15 Å². The third-order valence-electron chi connectivity index (χ3n) is 4.09. The number of morpholine rings is 1. The minimum absolute atomic E-state index is 0.821. The van der Waals surface area contributed by atoms with E-state index in [1.807, 2.05) is 23.9 Å². The Morgan fingerprint density at radius 2 is 2.08 bits per heavy atom. The maximum absolute atomic E-state index is 5.39. The van der Waals surface area contributed by atoms with Gasteiger partial charge >= 0.3 is 0 Å².